The third-order valence-corrected chi connectivity index (χ3v) is 3.66. The van der Waals surface area contributed by atoms with Gasteiger partial charge in [0.1, 0.15) is 0 Å². The van der Waals surface area contributed by atoms with Crippen molar-refractivity contribution in [2.75, 3.05) is 6.54 Å². The number of amides is 2. The zero-order valence-electron chi connectivity index (χ0n) is 8.80. The van der Waals surface area contributed by atoms with E-state index in [9.17, 15) is 9.59 Å². The lowest BCUT2D eigenvalue weighted by Crippen LogP contribution is -2.36. The van der Waals surface area contributed by atoms with Gasteiger partial charge in [0.15, 0.2) is 0 Å². The van der Waals surface area contributed by atoms with Crippen molar-refractivity contribution in [3.05, 3.63) is 32.4 Å². The molecule has 0 spiro atoms. The van der Waals surface area contributed by atoms with E-state index in [-0.39, 0.29) is 17.9 Å². The van der Waals surface area contributed by atoms with Gasteiger partial charge in [0, 0.05) is 21.6 Å². The molecule has 2 rings (SSSR count). The molecule has 1 atom stereocenters. The Balaban J connectivity index is 2.09. The molecule has 1 aliphatic heterocycles. The fourth-order valence-electron chi connectivity index (χ4n) is 1.64. The Hall–Kier alpha value is -0.820. The third kappa shape index (κ3) is 3.10. The number of carbonyl (C=O) groups excluding carboxylic acids is 2. The van der Waals surface area contributed by atoms with Gasteiger partial charge < -0.3 is 10.6 Å². The van der Waals surface area contributed by atoms with E-state index in [1.54, 1.807) is 18.2 Å². The summed E-state index contributed by atoms with van der Waals surface area (Å²) in [7, 11) is 0. The summed E-state index contributed by atoms with van der Waals surface area (Å²) >= 11 is 7.93. The average Bonchev–Trinajstić information content (AvgIpc) is 2.67. The van der Waals surface area contributed by atoms with E-state index in [1.165, 1.54) is 0 Å². The van der Waals surface area contributed by atoms with Crippen molar-refractivity contribution in [1.82, 2.24) is 10.6 Å². The minimum atomic E-state index is -0.196. The summed E-state index contributed by atoms with van der Waals surface area (Å²) in [5.41, 5.74) is 0.539. The molecule has 2 amide bonds. The molecule has 0 bridgehead atoms. The molecule has 1 unspecified atom stereocenters. The van der Waals surface area contributed by atoms with Crippen LogP contribution >= 0.6 is 34.2 Å². The maximum absolute atomic E-state index is 12.0. The average molecular weight is 365 g/mol. The molecule has 6 heteroatoms. The van der Waals surface area contributed by atoms with E-state index in [1.807, 2.05) is 0 Å². The molecule has 1 aliphatic rings. The predicted octanol–water partition coefficient (Wildman–Crippen LogP) is 1.56. The molecule has 1 fully saturated rings. The first-order valence-electron chi connectivity index (χ1n) is 5.09. The highest BCUT2D eigenvalue weighted by Crippen LogP contribution is 2.18. The van der Waals surface area contributed by atoms with Gasteiger partial charge in [0.05, 0.1) is 11.6 Å². The zero-order chi connectivity index (χ0) is 12.4. The van der Waals surface area contributed by atoms with E-state index in [0.717, 1.165) is 3.57 Å². The lowest BCUT2D eigenvalue weighted by Gasteiger charge is -2.11. The third-order valence-electron chi connectivity index (χ3n) is 2.49. The Morgan fingerprint density at radius 3 is 2.94 bits per heavy atom. The lowest BCUT2D eigenvalue weighted by atomic mass is 10.2. The Bertz CT molecular complexity index is 479. The molecular formula is C11H10ClIN2O2. The molecule has 4 nitrogen and oxygen atoms in total. The second kappa shape index (κ2) is 5.22. The van der Waals surface area contributed by atoms with Crippen LogP contribution in [0.2, 0.25) is 5.02 Å². The van der Waals surface area contributed by atoms with Gasteiger partial charge in [-0.2, -0.15) is 0 Å². The molecule has 1 saturated heterocycles. The highest BCUT2D eigenvalue weighted by atomic mass is 127. The van der Waals surface area contributed by atoms with Gasteiger partial charge in [-0.05, 0) is 40.8 Å². The molecule has 90 valence electrons. The molecule has 0 aliphatic carbocycles. The SMILES string of the molecule is O=C1CC(NC(=O)c2cc(Cl)ccc2I)CN1. The quantitative estimate of drug-likeness (QED) is 0.783. The summed E-state index contributed by atoms with van der Waals surface area (Å²) in [6.07, 6.45) is 0.336. The second-order valence-electron chi connectivity index (χ2n) is 3.80. The maximum Gasteiger partial charge on any atom is 0.252 e. The lowest BCUT2D eigenvalue weighted by molar-refractivity contribution is -0.119. The van der Waals surface area contributed by atoms with E-state index < -0.39 is 0 Å². The highest BCUT2D eigenvalue weighted by Gasteiger charge is 2.23. The molecule has 0 radical (unpaired) electrons. The van der Waals surface area contributed by atoms with Crippen molar-refractivity contribution < 1.29 is 9.59 Å². The van der Waals surface area contributed by atoms with Crippen LogP contribution in [0.1, 0.15) is 16.8 Å². The fraction of sp³-hybridized carbons (Fsp3) is 0.273. The normalized spacial score (nSPS) is 18.9. The predicted molar refractivity (Wildman–Crippen MR) is 73.0 cm³/mol. The van der Waals surface area contributed by atoms with Crippen LogP contribution in [-0.4, -0.2) is 24.4 Å². The smallest absolute Gasteiger partial charge is 0.252 e. The monoisotopic (exact) mass is 364 g/mol. The van der Waals surface area contributed by atoms with E-state index >= 15 is 0 Å². The molecule has 1 aromatic carbocycles. The molecular weight excluding hydrogens is 354 g/mol. The number of rotatable bonds is 2. The van der Waals surface area contributed by atoms with Gasteiger partial charge >= 0.3 is 0 Å². The van der Waals surface area contributed by atoms with Crippen molar-refractivity contribution in [3.8, 4) is 0 Å². The Kier molecular flexibility index (Phi) is 3.88. The summed E-state index contributed by atoms with van der Waals surface area (Å²) in [5.74, 6) is -0.227. The first kappa shape index (κ1) is 12.6. The van der Waals surface area contributed by atoms with Crippen molar-refractivity contribution in [2.24, 2.45) is 0 Å². The number of benzene rings is 1. The molecule has 2 N–H and O–H groups in total. The zero-order valence-corrected chi connectivity index (χ0v) is 11.7. The summed E-state index contributed by atoms with van der Waals surface area (Å²) in [6, 6.07) is 5.02. The van der Waals surface area contributed by atoms with Crippen LogP contribution in [0.5, 0.6) is 0 Å². The molecule has 1 heterocycles. The highest BCUT2D eigenvalue weighted by molar-refractivity contribution is 14.1. The van der Waals surface area contributed by atoms with Crippen LogP contribution in [0.15, 0.2) is 18.2 Å². The van der Waals surface area contributed by atoms with Gasteiger partial charge in [-0.3, -0.25) is 9.59 Å². The van der Waals surface area contributed by atoms with E-state index in [2.05, 4.69) is 33.2 Å². The summed E-state index contributed by atoms with van der Waals surface area (Å²) in [6.45, 7) is 0.488. The standard InChI is InChI=1S/C11H10ClIN2O2/c12-6-1-2-9(13)8(3-6)11(17)15-7-4-10(16)14-5-7/h1-3,7H,4-5H2,(H,14,16)(H,15,17). The summed E-state index contributed by atoms with van der Waals surface area (Å²) in [4.78, 5) is 23.0. The van der Waals surface area contributed by atoms with Crippen LogP contribution in [-0.2, 0) is 4.79 Å². The van der Waals surface area contributed by atoms with Gasteiger partial charge in [-0.25, -0.2) is 0 Å². The Morgan fingerprint density at radius 1 is 1.53 bits per heavy atom. The summed E-state index contributed by atoms with van der Waals surface area (Å²) < 4.78 is 0.835. The van der Waals surface area contributed by atoms with Crippen molar-refractivity contribution >= 4 is 46.0 Å². The van der Waals surface area contributed by atoms with Gasteiger partial charge in [-0.1, -0.05) is 11.6 Å². The fourth-order valence-corrected chi connectivity index (χ4v) is 2.39. The number of nitrogens with one attached hydrogen (secondary N) is 2. The number of halogens is 2. The number of hydrogen-bond donors (Lipinski definition) is 2. The molecule has 1 aromatic rings. The second-order valence-corrected chi connectivity index (χ2v) is 5.40. The van der Waals surface area contributed by atoms with Crippen LogP contribution in [0.3, 0.4) is 0 Å². The van der Waals surface area contributed by atoms with E-state index in [4.69, 9.17) is 11.6 Å². The number of carbonyl (C=O) groups is 2. The minimum Gasteiger partial charge on any atom is -0.354 e. The van der Waals surface area contributed by atoms with Crippen LogP contribution < -0.4 is 10.6 Å². The van der Waals surface area contributed by atoms with Crippen LogP contribution in [0, 0.1) is 3.57 Å². The van der Waals surface area contributed by atoms with Crippen molar-refractivity contribution in [3.63, 3.8) is 0 Å². The van der Waals surface area contributed by atoms with Crippen molar-refractivity contribution in [2.45, 2.75) is 12.5 Å². The molecule has 0 aromatic heterocycles. The maximum atomic E-state index is 12.0. The Morgan fingerprint density at radius 2 is 2.29 bits per heavy atom. The topological polar surface area (TPSA) is 58.2 Å². The first-order chi connectivity index (χ1) is 8.06. The van der Waals surface area contributed by atoms with Gasteiger partial charge in [-0.15, -0.1) is 0 Å². The largest absolute Gasteiger partial charge is 0.354 e. The van der Waals surface area contributed by atoms with Gasteiger partial charge in [0.25, 0.3) is 5.91 Å². The van der Waals surface area contributed by atoms with E-state index in [0.29, 0.717) is 23.6 Å². The number of hydrogen-bond acceptors (Lipinski definition) is 2. The van der Waals surface area contributed by atoms with Crippen LogP contribution in [0.4, 0.5) is 0 Å². The van der Waals surface area contributed by atoms with Crippen LogP contribution in [0.25, 0.3) is 0 Å². The first-order valence-corrected chi connectivity index (χ1v) is 6.54. The van der Waals surface area contributed by atoms with Crippen molar-refractivity contribution in [1.29, 1.82) is 0 Å². The summed E-state index contributed by atoms with van der Waals surface area (Å²) in [5, 5.41) is 6.00. The molecule has 17 heavy (non-hydrogen) atoms. The Labute approximate surface area is 117 Å². The molecule has 0 saturated carbocycles. The van der Waals surface area contributed by atoms with Gasteiger partial charge in [0.2, 0.25) is 5.91 Å². The minimum absolute atomic E-state index is 0.0314.